The number of ether oxygens (including phenoxy) is 1. The molecule has 0 saturated carbocycles. The lowest BCUT2D eigenvalue weighted by Gasteiger charge is -2.38. The standard InChI is InChI=1S/C13H24N2O3/c1-4-13(3)6-8-15(9-7-13)12(17)14-10-11(16)18-5-2/h4-10H2,1-3H3,(H,14,17). The van der Waals surface area contributed by atoms with Gasteiger partial charge in [0.25, 0.3) is 0 Å². The smallest absolute Gasteiger partial charge is 0.325 e. The second-order valence-corrected chi connectivity index (χ2v) is 5.11. The first-order chi connectivity index (χ1) is 8.50. The van der Waals surface area contributed by atoms with E-state index in [9.17, 15) is 9.59 Å². The van der Waals surface area contributed by atoms with Gasteiger partial charge in [-0.15, -0.1) is 0 Å². The maximum atomic E-state index is 11.8. The average Bonchev–Trinajstić information content (AvgIpc) is 2.37. The van der Waals surface area contributed by atoms with Gasteiger partial charge in [0, 0.05) is 13.1 Å². The predicted molar refractivity (Wildman–Crippen MR) is 69.2 cm³/mol. The summed E-state index contributed by atoms with van der Waals surface area (Å²) in [5.41, 5.74) is 0.359. The average molecular weight is 256 g/mol. The largest absolute Gasteiger partial charge is 0.465 e. The fourth-order valence-electron chi connectivity index (χ4n) is 2.07. The molecule has 1 fully saturated rings. The van der Waals surface area contributed by atoms with E-state index in [1.54, 1.807) is 11.8 Å². The zero-order valence-electron chi connectivity index (χ0n) is 11.6. The minimum absolute atomic E-state index is 0.0474. The quantitative estimate of drug-likeness (QED) is 0.780. The first-order valence-corrected chi connectivity index (χ1v) is 6.69. The molecule has 18 heavy (non-hydrogen) atoms. The van der Waals surface area contributed by atoms with E-state index in [4.69, 9.17) is 4.74 Å². The molecule has 0 unspecified atom stereocenters. The molecule has 0 spiro atoms. The molecule has 1 aliphatic rings. The number of amides is 2. The summed E-state index contributed by atoms with van der Waals surface area (Å²) in [6, 6.07) is -0.166. The Morgan fingerprint density at radius 3 is 2.39 bits per heavy atom. The second kappa shape index (κ2) is 6.61. The SMILES string of the molecule is CCOC(=O)CNC(=O)N1CCC(C)(CC)CC1. The molecule has 0 aliphatic carbocycles. The first kappa shape index (κ1) is 14.8. The molecule has 0 bridgehead atoms. The van der Waals surface area contributed by atoms with Crippen molar-refractivity contribution in [2.24, 2.45) is 5.41 Å². The molecule has 0 atom stereocenters. The molecule has 104 valence electrons. The number of hydrogen-bond donors (Lipinski definition) is 1. The summed E-state index contributed by atoms with van der Waals surface area (Å²) in [5, 5.41) is 2.59. The molecule has 0 aromatic rings. The minimum Gasteiger partial charge on any atom is -0.465 e. The van der Waals surface area contributed by atoms with Crippen molar-refractivity contribution in [1.82, 2.24) is 10.2 Å². The summed E-state index contributed by atoms with van der Waals surface area (Å²) >= 11 is 0. The molecule has 1 saturated heterocycles. The van der Waals surface area contributed by atoms with Crippen LogP contribution in [0.4, 0.5) is 4.79 Å². The van der Waals surface area contributed by atoms with Crippen LogP contribution in [0.15, 0.2) is 0 Å². The monoisotopic (exact) mass is 256 g/mol. The lowest BCUT2D eigenvalue weighted by Crippen LogP contribution is -2.47. The number of piperidine rings is 1. The van der Waals surface area contributed by atoms with E-state index in [1.807, 2.05) is 0 Å². The van der Waals surface area contributed by atoms with Gasteiger partial charge in [-0.05, 0) is 25.2 Å². The number of rotatable bonds is 4. The Balaban J connectivity index is 2.30. The maximum absolute atomic E-state index is 11.8. The first-order valence-electron chi connectivity index (χ1n) is 6.69. The number of hydrogen-bond acceptors (Lipinski definition) is 3. The van der Waals surface area contributed by atoms with Gasteiger partial charge >= 0.3 is 12.0 Å². The van der Waals surface area contributed by atoms with Crippen LogP contribution in [0.5, 0.6) is 0 Å². The Bertz CT molecular complexity index is 297. The fourth-order valence-corrected chi connectivity index (χ4v) is 2.07. The van der Waals surface area contributed by atoms with Crippen molar-refractivity contribution in [3.05, 3.63) is 0 Å². The Morgan fingerprint density at radius 1 is 1.28 bits per heavy atom. The van der Waals surface area contributed by atoms with Crippen LogP contribution in [-0.4, -0.2) is 43.1 Å². The van der Waals surface area contributed by atoms with Gasteiger partial charge in [0.2, 0.25) is 0 Å². The summed E-state index contributed by atoms with van der Waals surface area (Å²) in [5.74, 6) is -0.388. The zero-order chi connectivity index (χ0) is 13.6. The van der Waals surface area contributed by atoms with E-state index in [1.165, 1.54) is 0 Å². The fraction of sp³-hybridized carbons (Fsp3) is 0.846. The number of carbonyl (C=O) groups is 2. The van der Waals surface area contributed by atoms with Crippen LogP contribution in [0.25, 0.3) is 0 Å². The predicted octanol–water partition coefficient (Wildman–Crippen LogP) is 1.77. The Morgan fingerprint density at radius 2 is 1.89 bits per heavy atom. The molecule has 1 N–H and O–H groups in total. The molecular weight excluding hydrogens is 232 g/mol. The third-order valence-corrected chi connectivity index (χ3v) is 3.80. The van der Waals surface area contributed by atoms with Crippen LogP contribution < -0.4 is 5.32 Å². The van der Waals surface area contributed by atoms with Crippen molar-refractivity contribution in [2.45, 2.75) is 40.0 Å². The topological polar surface area (TPSA) is 58.6 Å². The summed E-state index contributed by atoms with van der Waals surface area (Å²) in [4.78, 5) is 24.7. The number of esters is 1. The van der Waals surface area contributed by atoms with E-state index in [0.717, 1.165) is 32.4 Å². The molecular formula is C13H24N2O3. The van der Waals surface area contributed by atoms with Crippen molar-refractivity contribution in [3.8, 4) is 0 Å². The highest BCUT2D eigenvalue weighted by Crippen LogP contribution is 2.33. The van der Waals surface area contributed by atoms with Gasteiger partial charge in [0.05, 0.1) is 6.61 Å². The van der Waals surface area contributed by atoms with Gasteiger partial charge in [0.15, 0.2) is 0 Å². The van der Waals surface area contributed by atoms with Gasteiger partial charge in [-0.3, -0.25) is 4.79 Å². The highest BCUT2D eigenvalue weighted by molar-refractivity contribution is 5.80. The number of nitrogens with one attached hydrogen (secondary N) is 1. The lowest BCUT2D eigenvalue weighted by molar-refractivity contribution is -0.141. The summed E-state index contributed by atoms with van der Waals surface area (Å²) in [6.07, 6.45) is 3.19. The van der Waals surface area contributed by atoms with E-state index in [2.05, 4.69) is 19.2 Å². The Kier molecular flexibility index (Phi) is 5.44. The summed E-state index contributed by atoms with van der Waals surface area (Å²) < 4.78 is 4.76. The molecule has 1 heterocycles. The molecule has 0 radical (unpaired) electrons. The second-order valence-electron chi connectivity index (χ2n) is 5.11. The van der Waals surface area contributed by atoms with Crippen molar-refractivity contribution >= 4 is 12.0 Å². The normalized spacial score (nSPS) is 18.3. The van der Waals surface area contributed by atoms with E-state index in [-0.39, 0.29) is 18.5 Å². The Hall–Kier alpha value is -1.26. The molecule has 0 aromatic carbocycles. The molecule has 0 aromatic heterocycles. The van der Waals surface area contributed by atoms with Crippen molar-refractivity contribution in [3.63, 3.8) is 0 Å². The zero-order valence-corrected chi connectivity index (χ0v) is 11.6. The highest BCUT2D eigenvalue weighted by Gasteiger charge is 2.30. The van der Waals surface area contributed by atoms with Crippen LogP contribution in [0.3, 0.4) is 0 Å². The Labute approximate surface area is 109 Å². The van der Waals surface area contributed by atoms with Crippen LogP contribution in [0.2, 0.25) is 0 Å². The van der Waals surface area contributed by atoms with Crippen LogP contribution in [0.1, 0.15) is 40.0 Å². The van der Waals surface area contributed by atoms with Gasteiger partial charge in [-0.2, -0.15) is 0 Å². The van der Waals surface area contributed by atoms with Gasteiger partial charge < -0.3 is 15.0 Å². The number of nitrogens with zero attached hydrogens (tertiary/aromatic N) is 1. The van der Waals surface area contributed by atoms with E-state index in [0.29, 0.717) is 12.0 Å². The summed E-state index contributed by atoms with van der Waals surface area (Å²) in [7, 11) is 0. The van der Waals surface area contributed by atoms with E-state index >= 15 is 0 Å². The van der Waals surface area contributed by atoms with Crippen molar-refractivity contribution in [2.75, 3.05) is 26.2 Å². The summed E-state index contributed by atoms with van der Waals surface area (Å²) in [6.45, 7) is 8.02. The maximum Gasteiger partial charge on any atom is 0.325 e. The highest BCUT2D eigenvalue weighted by atomic mass is 16.5. The van der Waals surface area contributed by atoms with Crippen molar-refractivity contribution < 1.29 is 14.3 Å². The lowest BCUT2D eigenvalue weighted by atomic mass is 9.78. The van der Waals surface area contributed by atoms with E-state index < -0.39 is 0 Å². The number of carbonyl (C=O) groups excluding carboxylic acids is 2. The number of urea groups is 1. The van der Waals surface area contributed by atoms with Gasteiger partial charge in [-0.1, -0.05) is 20.3 Å². The molecule has 5 nitrogen and oxygen atoms in total. The van der Waals surface area contributed by atoms with Gasteiger partial charge in [-0.25, -0.2) is 4.79 Å². The van der Waals surface area contributed by atoms with Crippen LogP contribution in [-0.2, 0) is 9.53 Å². The third-order valence-electron chi connectivity index (χ3n) is 3.80. The van der Waals surface area contributed by atoms with Crippen molar-refractivity contribution in [1.29, 1.82) is 0 Å². The third kappa shape index (κ3) is 4.20. The molecule has 1 rings (SSSR count). The minimum atomic E-state index is -0.388. The molecule has 5 heteroatoms. The number of likely N-dealkylation sites (tertiary alicyclic amines) is 1. The van der Waals surface area contributed by atoms with Crippen LogP contribution in [0, 0.1) is 5.41 Å². The van der Waals surface area contributed by atoms with Gasteiger partial charge in [0.1, 0.15) is 6.54 Å². The van der Waals surface area contributed by atoms with Crippen LogP contribution >= 0.6 is 0 Å². The molecule has 2 amide bonds. The molecule has 1 aliphatic heterocycles.